The fourth-order valence-electron chi connectivity index (χ4n) is 2.23. The molecule has 1 heterocycles. The van der Waals surface area contributed by atoms with Crippen molar-refractivity contribution in [2.45, 2.75) is 19.3 Å². The van der Waals surface area contributed by atoms with Crippen molar-refractivity contribution in [3.8, 4) is 0 Å². The molecule has 9 heteroatoms. The van der Waals surface area contributed by atoms with Crippen LogP contribution in [0.3, 0.4) is 0 Å². The van der Waals surface area contributed by atoms with E-state index in [0.717, 1.165) is 0 Å². The predicted molar refractivity (Wildman–Crippen MR) is 77.7 cm³/mol. The van der Waals surface area contributed by atoms with Crippen LogP contribution in [0, 0.1) is 27.2 Å². The van der Waals surface area contributed by atoms with E-state index in [4.69, 9.17) is 16.1 Å². The second-order valence-corrected chi connectivity index (χ2v) is 5.20. The van der Waals surface area contributed by atoms with Crippen molar-refractivity contribution in [2.75, 3.05) is 6.54 Å². The average molecular weight is 326 g/mol. The van der Waals surface area contributed by atoms with Crippen LogP contribution in [0.2, 0.25) is 5.02 Å². The maximum Gasteiger partial charge on any atom is 0.334 e. The fourth-order valence-corrected chi connectivity index (χ4v) is 2.43. The summed E-state index contributed by atoms with van der Waals surface area (Å²) in [6, 6.07) is 6.61. The molecule has 0 aliphatic heterocycles. The standard InChI is InChI=1S/C13H12ClN3O5/c1-8-13(17(20)21)12(22-15-8)6-10(7-16(18)19)9-3-2-4-11(14)5-9/h2-5,10H,6-7H2,1H3/t10-/m1/s1. The van der Waals surface area contributed by atoms with Gasteiger partial charge in [-0.15, -0.1) is 0 Å². The summed E-state index contributed by atoms with van der Waals surface area (Å²) in [5.74, 6) is -0.575. The molecule has 1 aromatic heterocycles. The molecule has 0 aliphatic carbocycles. The van der Waals surface area contributed by atoms with Gasteiger partial charge in [-0.25, -0.2) is 0 Å². The first-order valence-corrected chi connectivity index (χ1v) is 6.73. The van der Waals surface area contributed by atoms with Gasteiger partial charge in [0.05, 0.1) is 10.8 Å². The lowest BCUT2D eigenvalue weighted by Gasteiger charge is -2.11. The van der Waals surface area contributed by atoms with Crippen LogP contribution >= 0.6 is 11.6 Å². The van der Waals surface area contributed by atoms with Gasteiger partial charge in [0.15, 0.2) is 5.69 Å². The molecule has 0 N–H and O–H groups in total. The molecular weight excluding hydrogens is 314 g/mol. The van der Waals surface area contributed by atoms with E-state index in [1.165, 1.54) is 6.92 Å². The lowest BCUT2D eigenvalue weighted by atomic mass is 9.94. The minimum absolute atomic E-state index is 0.00151. The van der Waals surface area contributed by atoms with Gasteiger partial charge in [0, 0.05) is 16.4 Å². The number of hydrogen-bond donors (Lipinski definition) is 0. The Morgan fingerprint density at radius 1 is 1.36 bits per heavy atom. The molecule has 116 valence electrons. The Morgan fingerprint density at radius 2 is 2.09 bits per heavy atom. The highest BCUT2D eigenvalue weighted by Gasteiger charge is 2.29. The molecule has 0 amide bonds. The molecule has 1 aromatic carbocycles. The predicted octanol–water partition coefficient (Wildman–Crippen LogP) is 3.15. The number of nitro groups is 2. The molecule has 0 fully saturated rings. The van der Waals surface area contributed by atoms with E-state index in [1.807, 2.05) is 0 Å². The summed E-state index contributed by atoms with van der Waals surface area (Å²) in [6.45, 7) is 1.06. The minimum atomic E-state index is -0.597. The first-order chi connectivity index (χ1) is 10.4. The van der Waals surface area contributed by atoms with Gasteiger partial charge in [-0.3, -0.25) is 20.2 Å². The Bertz CT molecular complexity index is 715. The average Bonchev–Trinajstić information content (AvgIpc) is 2.78. The van der Waals surface area contributed by atoms with Crippen molar-refractivity contribution < 1.29 is 14.4 Å². The van der Waals surface area contributed by atoms with Crippen LogP contribution in [0.4, 0.5) is 5.69 Å². The molecule has 0 aliphatic rings. The number of aromatic nitrogens is 1. The Balaban J connectivity index is 2.35. The Morgan fingerprint density at radius 3 is 2.68 bits per heavy atom. The van der Waals surface area contributed by atoms with Crippen molar-refractivity contribution >= 4 is 17.3 Å². The maximum absolute atomic E-state index is 11.0. The second-order valence-electron chi connectivity index (χ2n) is 4.77. The highest BCUT2D eigenvalue weighted by atomic mass is 35.5. The van der Waals surface area contributed by atoms with E-state index < -0.39 is 22.3 Å². The maximum atomic E-state index is 11.0. The zero-order chi connectivity index (χ0) is 16.3. The molecule has 1 atom stereocenters. The Kier molecular flexibility index (Phi) is 4.71. The smallest absolute Gasteiger partial charge is 0.334 e. The van der Waals surface area contributed by atoms with Gasteiger partial charge in [0.25, 0.3) is 0 Å². The highest BCUT2D eigenvalue weighted by molar-refractivity contribution is 6.30. The molecule has 0 saturated heterocycles. The number of aryl methyl sites for hydroxylation is 1. The van der Waals surface area contributed by atoms with Gasteiger partial charge in [0.2, 0.25) is 12.3 Å². The molecule has 0 spiro atoms. The minimum Gasteiger partial charge on any atom is -0.354 e. The van der Waals surface area contributed by atoms with E-state index in [-0.39, 0.29) is 23.6 Å². The van der Waals surface area contributed by atoms with Gasteiger partial charge in [0.1, 0.15) is 0 Å². The third kappa shape index (κ3) is 3.59. The topological polar surface area (TPSA) is 112 Å². The summed E-state index contributed by atoms with van der Waals surface area (Å²) >= 11 is 5.90. The fraction of sp³-hybridized carbons (Fsp3) is 0.308. The third-order valence-corrected chi connectivity index (χ3v) is 3.44. The van der Waals surface area contributed by atoms with Gasteiger partial charge < -0.3 is 4.52 Å². The number of rotatable bonds is 6. The van der Waals surface area contributed by atoms with Crippen LogP contribution in [0.5, 0.6) is 0 Å². The molecule has 22 heavy (non-hydrogen) atoms. The molecule has 0 saturated carbocycles. The highest BCUT2D eigenvalue weighted by Crippen LogP contribution is 2.30. The summed E-state index contributed by atoms with van der Waals surface area (Å²) in [6.07, 6.45) is -0.00151. The first-order valence-electron chi connectivity index (χ1n) is 6.35. The zero-order valence-electron chi connectivity index (χ0n) is 11.6. The van der Waals surface area contributed by atoms with Crippen molar-refractivity contribution in [1.29, 1.82) is 0 Å². The van der Waals surface area contributed by atoms with Crippen LogP contribution in [-0.4, -0.2) is 21.5 Å². The molecule has 2 aromatic rings. The normalized spacial score (nSPS) is 12.1. The van der Waals surface area contributed by atoms with Crippen molar-refractivity contribution in [2.24, 2.45) is 0 Å². The van der Waals surface area contributed by atoms with Crippen LogP contribution in [0.1, 0.15) is 22.9 Å². The summed E-state index contributed by atoms with van der Waals surface area (Å²) in [7, 11) is 0. The first kappa shape index (κ1) is 15.9. The molecular formula is C13H12ClN3O5. The quantitative estimate of drug-likeness (QED) is 0.595. The Labute approximate surface area is 130 Å². The van der Waals surface area contributed by atoms with Crippen molar-refractivity contribution in [3.05, 3.63) is 66.5 Å². The van der Waals surface area contributed by atoms with Crippen LogP contribution in [0.25, 0.3) is 0 Å². The summed E-state index contributed by atoms with van der Waals surface area (Å²) in [5, 5.41) is 25.9. The molecule has 8 nitrogen and oxygen atoms in total. The van der Waals surface area contributed by atoms with Crippen molar-refractivity contribution in [3.63, 3.8) is 0 Å². The van der Waals surface area contributed by atoms with Gasteiger partial charge >= 0.3 is 5.69 Å². The summed E-state index contributed by atoms with van der Waals surface area (Å²) in [4.78, 5) is 20.9. The third-order valence-electron chi connectivity index (χ3n) is 3.20. The van der Waals surface area contributed by atoms with E-state index in [0.29, 0.717) is 10.6 Å². The summed E-state index contributed by atoms with van der Waals surface area (Å²) in [5.41, 5.74) is 0.522. The zero-order valence-corrected chi connectivity index (χ0v) is 12.3. The van der Waals surface area contributed by atoms with Crippen LogP contribution in [-0.2, 0) is 6.42 Å². The largest absolute Gasteiger partial charge is 0.354 e. The van der Waals surface area contributed by atoms with Gasteiger partial charge in [-0.1, -0.05) is 28.9 Å². The van der Waals surface area contributed by atoms with Gasteiger partial charge in [-0.05, 0) is 24.6 Å². The lowest BCUT2D eigenvalue weighted by molar-refractivity contribution is -0.483. The van der Waals surface area contributed by atoms with E-state index in [9.17, 15) is 20.2 Å². The number of benzene rings is 1. The molecule has 0 bridgehead atoms. The lowest BCUT2D eigenvalue weighted by Crippen LogP contribution is -2.15. The van der Waals surface area contributed by atoms with E-state index >= 15 is 0 Å². The van der Waals surface area contributed by atoms with Crippen LogP contribution in [0.15, 0.2) is 28.8 Å². The van der Waals surface area contributed by atoms with Crippen molar-refractivity contribution in [1.82, 2.24) is 5.16 Å². The number of nitrogens with zero attached hydrogens (tertiary/aromatic N) is 3. The molecule has 0 radical (unpaired) electrons. The van der Waals surface area contributed by atoms with Gasteiger partial charge in [-0.2, -0.15) is 0 Å². The Hall–Kier alpha value is -2.48. The monoisotopic (exact) mass is 325 g/mol. The number of halogens is 1. The SMILES string of the molecule is Cc1noc(C[C@H](C[N+](=O)[O-])c2cccc(Cl)c2)c1[N+](=O)[O-]. The second kappa shape index (κ2) is 6.52. The van der Waals surface area contributed by atoms with E-state index in [1.54, 1.807) is 24.3 Å². The van der Waals surface area contributed by atoms with Crippen LogP contribution < -0.4 is 0 Å². The number of hydrogen-bond acceptors (Lipinski definition) is 6. The summed E-state index contributed by atoms with van der Waals surface area (Å²) < 4.78 is 4.97. The molecule has 2 rings (SSSR count). The van der Waals surface area contributed by atoms with E-state index in [2.05, 4.69) is 5.16 Å². The molecule has 0 unspecified atom stereocenters.